The standard InChI is InChI=1S/C27H29N7O2/c1-2-26(36)31-22-5-3-4-20(16-22)27-29-18-24-17-28-25(19-34(24)27)30-21-6-8-23(9-7-21)33-12-10-32(11-13-33)14-15-35/h2-9,16-19,30,35H,1,10-15H2,(H,31,36). The average molecular weight is 484 g/mol. The number of nitrogens with zero attached hydrogens (tertiary/aromatic N) is 5. The number of aromatic nitrogens is 3. The molecule has 0 bridgehead atoms. The van der Waals surface area contributed by atoms with Crippen LogP contribution in [0.5, 0.6) is 0 Å². The van der Waals surface area contributed by atoms with Gasteiger partial charge in [0.2, 0.25) is 5.91 Å². The van der Waals surface area contributed by atoms with Gasteiger partial charge in [-0.2, -0.15) is 0 Å². The lowest BCUT2D eigenvalue weighted by Gasteiger charge is -2.35. The largest absolute Gasteiger partial charge is 0.395 e. The van der Waals surface area contributed by atoms with Crippen LogP contribution in [-0.2, 0) is 4.79 Å². The number of anilines is 4. The maximum Gasteiger partial charge on any atom is 0.247 e. The maximum atomic E-state index is 11.7. The number of benzene rings is 2. The normalized spacial score (nSPS) is 14.1. The molecule has 1 aliphatic heterocycles. The molecule has 2 aromatic carbocycles. The van der Waals surface area contributed by atoms with Crippen LogP contribution in [0.3, 0.4) is 0 Å². The van der Waals surface area contributed by atoms with Gasteiger partial charge < -0.3 is 20.6 Å². The Morgan fingerprint density at radius 1 is 1.03 bits per heavy atom. The molecular weight excluding hydrogens is 454 g/mol. The van der Waals surface area contributed by atoms with Crippen molar-refractivity contribution in [2.45, 2.75) is 0 Å². The average Bonchev–Trinajstić information content (AvgIpc) is 3.33. The van der Waals surface area contributed by atoms with Crippen LogP contribution in [0.2, 0.25) is 0 Å². The smallest absolute Gasteiger partial charge is 0.247 e. The lowest BCUT2D eigenvalue weighted by molar-refractivity contribution is -0.111. The summed E-state index contributed by atoms with van der Waals surface area (Å²) in [5, 5.41) is 15.3. The van der Waals surface area contributed by atoms with E-state index in [0.717, 1.165) is 55.3 Å². The van der Waals surface area contributed by atoms with Crippen LogP contribution in [0, 0.1) is 0 Å². The van der Waals surface area contributed by atoms with Gasteiger partial charge in [0.1, 0.15) is 11.6 Å². The zero-order chi connectivity index (χ0) is 24.9. The molecule has 1 saturated heterocycles. The van der Waals surface area contributed by atoms with Gasteiger partial charge in [-0.25, -0.2) is 9.97 Å². The van der Waals surface area contributed by atoms with E-state index in [1.54, 1.807) is 12.4 Å². The molecule has 0 aliphatic carbocycles. The Balaban J connectivity index is 1.31. The summed E-state index contributed by atoms with van der Waals surface area (Å²) in [5.74, 6) is 1.19. The Morgan fingerprint density at radius 3 is 2.56 bits per heavy atom. The van der Waals surface area contributed by atoms with E-state index in [2.05, 4.69) is 61.2 Å². The fourth-order valence-electron chi connectivity index (χ4n) is 4.38. The summed E-state index contributed by atoms with van der Waals surface area (Å²) < 4.78 is 1.98. The first-order valence-corrected chi connectivity index (χ1v) is 11.9. The van der Waals surface area contributed by atoms with Gasteiger partial charge in [0.05, 0.1) is 30.7 Å². The number of β-amino-alcohol motifs (C(OH)–C–C–N with tert-alkyl or cyclic N) is 1. The Kier molecular flexibility index (Phi) is 6.92. The zero-order valence-electron chi connectivity index (χ0n) is 20.0. The molecule has 1 aliphatic rings. The molecule has 5 rings (SSSR count). The number of aliphatic hydroxyl groups is 1. The fourth-order valence-corrected chi connectivity index (χ4v) is 4.38. The second-order valence-corrected chi connectivity index (χ2v) is 8.65. The Labute approximate surface area is 209 Å². The molecule has 3 heterocycles. The van der Waals surface area contributed by atoms with E-state index in [9.17, 15) is 4.79 Å². The minimum Gasteiger partial charge on any atom is -0.395 e. The molecule has 9 nitrogen and oxygen atoms in total. The first-order valence-electron chi connectivity index (χ1n) is 11.9. The van der Waals surface area contributed by atoms with Crippen LogP contribution >= 0.6 is 0 Å². The van der Waals surface area contributed by atoms with E-state index in [0.29, 0.717) is 11.5 Å². The predicted molar refractivity (Wildman–Crippen MR) is 143 cm³/mol. The van der Waals surface area contributed by atoms with Crippen molar-refractivity contribution in [1.82, 2.24) is 19.3 Å². The number of carbonyl (C=O) groups is 1. The van der Waals surface area contributed by atoms with Crippen LogP contribution in [0.1, 0.15) is 0 Å². The minimum absolute atomic E-state index is 0.209. The molecule has 1 fully saturated rings. The number of hydrogen-bond acceptors (Lipinski definition) is 7. The summed E-state index contributed by atoms with van der Waals surface area (Å²) in [5.41, 5.74) is 4.55. The minimum atomic E-state index is -0.259. The van der Waals surface area contributed by atoms with Crippen molar-refractivity contribution in [3.05, 3.63) is 79.8 Å². The van der Waals surface area contributed by atoms with Crippen LogP contribution in [0.4, 0.5) is 22.9 Å². The molecule has 0 spiro atoms. The van der Waals surface area contributed by atoms with Gasteiger partial charge in [-0.3, -0.25) is 14.1 Å². The molecule has 0 saturated carbocycles. The van der Waals surface area contributed by atoms with Crippen molar-refractivity contribution in [3.8, 4) is 11.4 Å². The van der Waals surface area contributed by atoms with Gasteiger partial charge in [-0.05, 0) is 42.5 Å². The monoisotopic (exact) mass is 483 g/mol. The highest BCUT2D eigenvalue weighted by atomic mass is 16.3. The lowest BCUT2D eigenvalue weighted by Crippen LogP contribution is -2.47. The number of nitrogens with one attached hydrogen (secondary N) is 2. The predicted octanol–water partition coefficient (Wildman–Crippen LogP) is 3.38. The first kappa shape index (κ1) is 23.5. The van der Waals surface area contributed by atoms with Crippen molar-refractivity contribution in [2.75, 3.05) is 54.9 Å². The summed E-state index contributed by atoms with van der Waals surface area (Å²) in [6, 6.07) is 15.9. The molecule has 0 atom stereocenters. The SMILES string of the molecule is C=CC(=O)Nc1cccc(-c2ncc3cnc(Nc4ccc(N5CCN(CCO)CC5)cc4)cn23)c1. The van der Waals surface area contributed by atoms with Gasteiger partial charge >= 0.3 is 0 Å². The molecule has 3 N–H and O–H groups in total. The van der Waals surface area contributed by atoms with Crippen LogP contribution < -0.4 is 15.5 Å². The quantitative estimate of drug-likeness (QED) is 0.331. The number of piperazine rings is 1. The van der Waals surface area contributed by atoms with E-state index in [1.165, 1.54) is 11.8 Å². The van der Waals surface area contributed by atoms with Gasteiger partial charge in [0.25, 0.3) is 0 Å². The Bertz CT molecular complexity index is 1360. The number of hydrogen-bond donors (Lipinski definition) is 3. The van der Waals surface area contributed by atoms with Crippen molar-refractivity contribution in [2.24, 2.45) is 0 Å². The third kappa shape index (κ3) is 5.22. The second kappa shape index (κ2) is 10.6. The summed E-state index contributed by atoms with van der Waals surface area (Å²) in [6.07, 6.45) is 6.71. The van der Waals surface area contributed by atoms with E-state index >= 15 is 0 Å². The summed E-state index contributed by atoms with van der Waals surface area (Å²) in [4.78, 5) is 25.4. The molecule has 36 heavy (non-hydrogen) atoms. The van der Waals surface area contributed by atoms with Crippen molar-refractivity contribution in [1.29, 1.82) is 0 Å². The fraction of sp³-hybridized carbons (Fsp3) is 0.222. The molecule has 1 amide bonds. The zero-order valence-corrected chi connectivity index (χ0v) is 20.0. The van der Waals surface area contributed by atoms with E-state index in [1.807, 2.05) is 34.9 Å². The number of aliphatic hydroxyl groups excluding tert-OH is 1. The number of amides is 1. The van der Waals surface area contributed by atoms with Gasteiger partial charge in [-0.1, -0.05) is 18.7 Å². The molecule has 4 aromatic rings. The number of imidazole rings is 1. The highest BCUT2D eigenvalue weighted by molar-refractivity contribution is 5.99. The summed E-state index contributed by atoms with van der Waals surface area (Å²) in [7, 11) is 0. The molecular formula is C27H29N7O2. The van der Waals surface area contributed by atoms with E-state index in [4.69, 9.17) is 5.11 Å². The van der Waals surface area contributed by atoms with Crippen molar-refractivity contribution >= 4 is 34.3 Å². The third-order valence-corrected chi connectivity index (χ3v) is 6.28. The van der Waals surface area contributed by atoms with Crippen molar-refractivity contribution < 1.29 is 9.90 Å². The summed E-state index contributed by atoms with van der Waals surface area (Å²) in [6.45, 7) is 8.27. The lowest BCUT2D eigenvalue weighted by atomic mass is 10.2. The first-order chi connectivity index (χ1) is 17.6. The number of fused-ring (bicyclic) bond motifs is 1. The van der Waals surface area contributed by atoms with Gasteiger partial charge in [0, 0.05) is 55.3 Å². The van der Waals surface area contributed by atoms with E-state index < -0.39 is 0 Å². The van der Waals surface area contributed by atoms with Crippen LogP contribution in [-0.4, -0.2) is 69.6 Å². The molecule has 2 aromatic heterocycles. The molecule has 0 unspecified atom stereocenters. The number of rotatable bonds is 8. The second-order valence-electron chi connectivity index (χ2n) is 8.65. The van der Waals surface area contributed by atoms with Crippen LogP contribution in [0.25, 0.3) is 16.9 Å². The topological polar surface area (TPSA) is 98.0 Å². The Hall–Kier alpha value is -4.21. The molecule has 184 valence electrons. The van der Waals surface area contributed by atoms with Gasteiger partial charge in [0.15, 0.2) is 0 Å². The highest BCUT2D eigenvalue weighted by Gasteiger charge is 2.16. The van der Waals surface area contributed by atoms with Gasteiger partial charge in [-0.15, -0.1) is 0 Å². The molecule has 0 radical (unpaired) electrons. The molecule has 9 heteroatoms. The number of carbonyl (C=O) groups excluding carboxylic acids is 1. The maximum absolute atomic E-state index is 11.7. The van der Waals surface area contributed by atoms with Crippen molar-refractivity contribution in [3.63, 3.8) is 0 Å². The summed E-state index contributed by atoms with van der Waals surface area (Å²) >= 11 is 0. The highest BCUT2D eigenvalue weighted by Crippen LogP contribution is 2.25. The third-order valence-electron chi connectivity index (χ3n) is 6.28. The Morgan fingerprint density at radius 2 is 1.81 bits per heavy atom. The van der Waals surface area contributed by atoms with E-state index in [-0.39, 0.29) is 12.5 Å². The van der Waals surface area contributed by atoms with Crippen LogP contribution in [0.15, 0.2) is 79.8 Å².